The lowest BCUT2D eigenvalue weighted by Gasteiger charge is -2.33. The van der Waals surface area contributed by atoms with Crippen LogP contribution in [0.3, 0.4) is 0 Å². The highest BCUT2D eigenvalue weighted by Gasteiger charge is 2.24. The molecule has 3 heteroatoms. The number of benzene rings is 1. The lowest BCUT2D eigenvalue weighted by molar-refractivity contribution is 0.264. The Bertz CT molecular complexity index is 405. The van der Waals surface area contributed by atoms with E-state index in [9.17, 15) is 0 Å². The van der Waals surface area contributed by atoms with Gasteiger partial charge in [0, 0.05) is 19.8 Å². The molecule has 0 amide bonds. The Labute approximate surface area is 132 Å². The Morgan fingerprint density at radius 1 is 1.33 bits per heavy atom. The smallest absolute Gasteiger partial charge is 0.0489 e. The van der Waals surface area contributed by atoms with E-state index in [1.807, 2.05) is 0 Å². The Balaban J connectivity index is 2.02. The third-order valence-electron chi connectivity index (χ3n) is 3.95. The van der Waals surface area contributed by atoms with Crippen LogP contribution < -0.4 is 5.32 Å². The van der Waals surface area contributed by atoms with Crippen LogP contribution in [0.2, 0.25) is 0 Å². The lowest BCUT2D eigenvalue weighted by Crippen LogP contribution is -2.29. The molecule has 1 aromatic rings. The molecule has 1 N–H and O–H groups in total. The molecule has 0 radical (unpaired) electrons. The number of anilines is 1. The largest absolute Gasteiger partial charge is 0.381 e. The van der Waals surface area contributed by atoms with Crippen molar-refractivity contribution in [1.29, 1.82) is 0 Å². The molecule has 2 unspecified atom stereocenters. The van der Waals surface area contributed by atoms with Crippen molar-refractivity contribution < 1.29 is 0 Å². The lowest BCUT2D eigenvalue weighted by atomic mass is 9.79. The summed E-state index contributed by atoms with van der Waals surface area (Å²) in [6, 6.07) is 7.11. The average molecular weight is 422 g/mol. The summed E-state index contributed by atoms with van der Waals surface area (Å²) < 4.78 is 2.46. The third kappa shape index (κ3) is 3.86. The fraction of sp³-hybridized carbons (Fsp3) is 0.600. The van der Waals surface area contributed by atoms with Crippen LogP contribution in [-0.4, -0.2) is 6.04 Å². The van der Waals surface area contributed by atoms with Crippen molar-refractivity contribution in [1.82, 2.24) is 0 Å². The van der Waals surface area contributed by atoms with E-state index in [-0.39, 0.29) is 0 Å². The van der Waals surface area contributed by atoms with Crippen LogP contribution >= 0.6 is 38.5 Å². The zero-order valence-electron chi connectivity index (χ0n) is 11.0. The van der Waals surface area contributed by atoms with Crippen molar-refractivity contribution >= 4 is 44.2 Å². The summed E-state index contributed by atoms with van der Waals surface area (Å²) in [7, 11) is 0. The van der Waals surface area contributed by atoms with Gasteiger partial charge in [0.1, 0.15) is 0 Å². The molecular weight excluding hydrogens is 401 g/mol. The van der Waals surface area contributed by atoms with Gasteiger partial charge in [-0.2, -0.15) is 0 Å². The first-order chi connectivity index (χ1) is 8.56. The number of hydrogen-bond donors (Lipinski definition) is 1. The molecule has 1 aliphatic rings. The molecule has 1 aromatic carbocycles. The average Bonchev–Trinajstić information content (AvgIpc) is 2.34. The Hall–Kier alpha value is 0.230. The van der Waals surface area contributed by atoms with Crippen molar-refractivity contribution in [3.63, 3.8) is 0 Å². The van der Waals surface area contributed by atoms with Crippen molar-refractivity contribution in [3.05, 3.63) is 26.2 Å². The Kier molecular flexibility index (Phi) is 5.36. The van der Waals surface area contributed by atoms with Gasteiger partial charge in [-0.05, 0) is 65.5 Å². The standard InChI is InChI=1S/C15H21BrIN/c1-10(2)11-4-3-5-13(8-11)18-15-9-12(16)6-7-14(15)17/h6-7,9-11,13,18H,3-5,8H2,1-2H3. The van der Waals surface area contributed by atoms with Crippen LogP contribution in [0, 0.1) is 15.4 Å². The minimum absolute atomic E-state index is 0.647. The number of hydrogen-bond acceptors (Lipinski definition) is 1. The quantitative estimate of drug-likeness (QED) is 0.619. The van der Waals surface area contributed by atoms with Gasteiger partial charge in [-0.3, -0.25) is 0 Å². The molecule has 2 atom stereocenters. The summed E-state index contributed by atoms with van der Waals surface area (Å²) >= 11 is 5.96. The molecule has 0 spiro atoms. The van der Waals surface area contributed by atoms with E-state index in [0.717, 1.165) is 16.3 Å². The molecule has 0 aromatic heterocycles. The van der Waals surface area contributed by atoms with E-state index in [1.165, 1.54) is 34.9 Å². The maximum absolute atomic E-state index is 3.74. The minimum Gasteiger partial charge on any atom is -0.381 e. The molecule has 1 saturated carbocycles. The summed E-state index contributed by atoms with van der Waals surface area (Å²) in [6.45, 7) is 4.71. The van der Waals surface area contributed by atoms with E-state index in [2.05, 4.69) is 75.9 Å². The maximum Gasteiger partial charge on any atom is 0.0489 e. The van der Waals surface area contributed by atoms with E-state index < -0.39 is 0 Å². The van der Waals surface area contributed by atoms with E-state index >= 15 is 0 Å². The van der Waals surface area contributed by atoms with Gasteiger partial charge in [-0.25, -0.2) is 0 Å². The SMILES string of the molecule is CC(C)C1CCCC(Nc2cc(Br)ccc2I)C1. The molecular formula is C15H21BrIN. The van der Waals surface area contributed by atoms with Crippen molar-refractivity contribution in [2.24, 2.45) is 11.8 Å². The van der Waals surface area contributed by atoms with Gasteiger partial charge in [-0.15, -0.1) is 0 Å². The van der Waals surface area contributed by atoms with Gasteiger partial charge in [0.2, 0.25) is 0 Å². The second-order valence-electron chi connectivity index (χ2n) is 5.64. The molecule has 1 nitrogen and oxygen atoms in total. The molecule has 2 rings (SSSR count). The van der Waals surface area contributed by atoms with Crippen LogP contribution in [0.5, 0.6) is 0 Å². The topological polar surface area (TPSA) is 12.0 Å². The van der Waals surface area contributed by atoms with Crippen LogP contribution in [0.1, 0.15) is 39.5 Å². The molecule has 18 heavy (non-hydrogen) atoms. The summed E-state index contributed by atoms with van der Waals surface area (Å²) in [5, 5.41) is 3.74. The van der Waals surface area contributed by atoms with Gasteiger partial charge in [0.05, 0.1) is 0 Å². The number of rotatable bonds is 3. The van der Waals surface area contributed by atoms with Gasteiger partial charge >= 0.3 is 0 Å². The molecule has 0 aliphatic heterocycles. The van der Waals surface area contributed by atoms with E-state index in [0.29, 0.717) is 6.04 Å². The van der Waals surface area contributed by atoms with Crippen LogP contribution in [0.4, 0.5) is 5.69 Å². The van der Waals surface area contributed by atoms with Crippen LogP contribution in [-0.2, 0) is 0 Å². The fourth-order valence-corrected chi connectivity index (χ4v) is 3.64. The van der Waals surface area contributed by atoms with Gasteiger partial charge < -0.3 is 5.32 Å². The van der Waals surface area contributed by atoms with E-state index in [4.69, 9.17) is 0 Å². The first-order valence-electron chi connectivity index (χ1n) is 6.78. The molecule has 0 bridgehead atoms. The summed E-state index contributed by atoms with van der Waals surface area (Å²) in [4.78, 5) is 0. The first-order valence-corrected chi connectivity index (χ1v) is 8.65. The Morgan fingerprint density at radius 3 is 2.83 bits per heavy atom. The first kappa shape index (κ1) is 14.6. The van der Waals surface area contributed by atoms with Crippen molar-refractivity contribution in [2.75, 3.05) is 5.32 Å². The molecule has 1 aliphatic carbocycles. The molecule has 0 heterocycles. The highest BCUT2D eigenvalue weighted by molar-refractivity contribution is 14.1. The number of nitrogens with one attached hydrogen (secondary N) is 1. The normalized spacial score (nSPS) is 24.3. The van der Waals surface area contributed by atoms with Crippen LogP contribution in [0.15, 0.2) is 22.7 Å². The molecule has 0 saturated heterocycles. The highest BCUT2D eigenvalue weighted by Crippen LogP contribution is 2.33. The zero-order valence-corrected chi connectivity index (χ0v) is 14.8. The van der Waals surface area contributed by atoms with Crippen LogP contribution in [0.25, 0.3) is 0 Å². The van der Waals surface area contributed by atoms with E-state index in [1.54, 1.807) is 0 Å². The maximum atomic E-state index is 3.74. The third-order valence-corrected chi connectivity index (χ3v) is 5.38. The highest BCUT2D eigenvalue weighted by atomic mass is 127. The Morgan fingerprint density at radius 2 is 2.11 bits per heavy atom. The van der Waals surface area contributed by atoms with Crippen molar-refractivity contribution in [2.45, 2.75) is 45.6 Å². The molecule has 1 fully saturated rings. The summed E-state index contributed by atoms with van der Waals surface area (Å²) in [5.74, 6) is 1.71. The predicted molar refractivity (Wildman–Crippen MR) is 91.1 cm³/mol. The predicted octanol–water partition coefficient (Wildman–Crippen LogP) is 5.68. The van der Waals surface area contributed by atoms with Gasteiger partial charge in [0.25, 0.3) is 0 Å². The number of halogens is 2. The summed E-state index contributed by atoms with van der Waals surface area (Å²) in [6.07, 6.45) is 5.41. The second-order valence-corrected chi connectivity index (χ2v) is 7.71. The minimum atomic E-state index is 0.647. The van der Waals surface area contributed by atoms with Gasteiger partial charge in [0.15, 0.2) is 0 Å². The molecule has 100 valence electrons. The monoisotopic (exact) mass is 421 g/mol. The summed E-state index contributed by atoms with van der Waals surface area (Å²) in [5.41, 5.74) is 1.28. The van der Waals surface area contributed by atoms with Crippen molar-refractivity contribution in [3.8, 4) is 0 Å². The second kappa shape index (κ2) is 6.60. The van der Waals surface area contributed by atoms with Gasteiger partial charge in [-0.1, -0.05) is 42.6 Å². The fourth-order valence-electron chi connectivity index (χ4n) is 2.79. The zero-order chi connectivity index (χ0) is 13.1.